The highest BCUT2D eigenvalue weighted by Crippen LogP contribution is 2.24. The summed E-state index contributed by atoms with van der Waals surface area (Å²) in [5, 5.41) is 9.42. The Hall–Kier alpha value is -2.27. The lowest BCUT2D eigenvalue weighted by Gasteiger charge is -2.16. The van der Waals surface area contributed by atoms with Gasteiger partial charge in [0.15, 0.2) is 0 Å². The van der Waals surface area contributed by atoms with Crippen LogP contribution in [0.2, 0.25) is 0 Å². The molecule has 102 valence electrons. The summed E-state index contributed by atoms with van der Waals surface area (Å²) in [6.07, 6.45) is 1.79. The Morgan fingerprint density at radius 2 is 1.80 bits per heavy atom. The molecule has 0 saturated carbocycles. The van der Waals surface area contributed by atoms with E-state index in [1.54, 1.807) is 0 Å². The minimum absolute atomic E-state index is 0.0462. The molecule has 20 heavy (non-hydrogen) atoms. The maximum atomic E-state index is 9.42. The number of nitriles is 1. The van der Waals surface area contributed by atoms with Crippen molar-refractivity contribution in [2.75, 3.05) is 19.0 Å². The predicted molar refractivity (Wildman–Crippen MR) is 83.9 cm³/mol. The fraction of sp³-hybridized carbons (Fsp3) is 0.278. The van der Waals surface area contributed by atoms with Crippen LogP contribution in [0.5, 0.6) is 0 Å². The van der Waals surface area contributed by atoms with Crippen LogP contribution in [-0.2, 0) is 6.42 Å². The molecule has 0 fully saturated rings. The first kappa shape index (κ1) is 14.1. The molecular weight excluding hydrogens is 244 g/mol. The van der Waals surface area contributed by atoms with Crippen LogP contribution in [0.25, 0.3) is 0 Å². The number of rotatable bonds is 5. The van der Waals surface area contributed by atoms with Crippen molar-refractivity contribution >= 4 is 5.69 Å². The first-order valence-corrected chi connectivity index (χ1v) is 6.91. The zero-order valence-corrected chi connectivity index (χ0v) is 12.1. The highest BCUT2D eigenvalue weighted by atomic mass is 15.1. The number of aryl methyl sites for hydroxylation is 1. The highest BCUT2D eigenvalue weighted by Gasteiger charge is 2.11. The normalized spacial score (nSPS) is 11.7. The first-order chi connectivity index (χ1) is 9.70. The molecule has 0 N–H and O–H groups in total. The topological polar surface area (TPSA) is 27.0 Å². The van der Waals surface area contributed by atoms with Gasteiger partial charge in [0.25, 0.3) is 0 Å². The third-order valence-corrected chi connectivity index (χ3v) is 3.51. The summed E-state index contributed by atoms with van der Waals surface area (Å²) in [5.41, 5.74) is 3.54. The standard InChI is InChI=1S/C18H20N2/c1-20(2)18-10-6-9-16(13-18)17(14-19)12-11-15-7-4-3-5-8-15/h3-10,13,17H,11-12H2,1-2H3. The Labute approximate surface area is 121 Å². The predicted octanol–water partition coefficient (Wildman–Crippen LogP) is 3.99. The number of nitrogens with zero attached hydrogens (tertiary/aromatic N) is 2. The average Bonchev–Trinajstić information content (AvgIpc) is 2.49. The largest absolute Gasteiger partial charge is 0.378 e. The Bertz CT molecular complexity index is 582. The molecule has 2 rings (SSSR count). The molecule has 0 aliphatic rings. The van der Waals surface area contributed by atoms with E-state index in [9.17, 15) is 5.26 Å². The number of benzene rings is 2. The van der Waals surface area contributed by atoms with Crippen molar-refractivity contribution in [2.45, 2.75) is 18.8 Å². The van der Waals surface area contributed by atoms with Gasteiger partial charge in [-0.05, 0) is 36.1 Å². The molecule has 1 atom stereocenters. The third-order valence-electron chi connectivity index (χ3n) is 3.51. The molecule has 0 aromatic heterocycles. The smallest absolute Gasteiger partial charge is 0.0716 e. The second-order valence-corrected chi connectivity index (χ2v) is 5.20. The molecule has 2 heteroatoms. The summed E-state index contributed by atoms with van der Waals surface area (Å²) in [7, 11) is 4.04. The van der Waals surface area contributed by atoms with Crippen molar-refractivity contribution in [2.24, 2.45) is 0 Å². The lowest BCUT2D eigenvalue weighted by atomic mass is 9.93. The molecule has 0 aliphatic carbocycles. The number of hydrogen-bond donors (Lipinski definition) is 0. The summed E-state index contributed by atoms with van der Waals surface area (Å²) >= 11 is 0. The van der Waals surface area contributed by atoms with Gasteiger partial charge < -0.3 is 4.90 Å². The number of hydrogen-bond acceptors (Lipinski definition) is 2. The van der Waals surface area contributed by atoms with Crippen LogP contribution in [0.1, 0.15) is 23.5 Å². The Morgan fingerprint density at radius 3 is 2.45 bits per heavy atom. The van der Waals surface area contributed by atoms with Gasteiger partial charge in [0.2, 0.25) is 0 Å². The minimum Gasteiger partial charge on any atom is -0.378 e. The van der Waals surface area contributed by atoms with Gasteiger partial charge in [-0.15, -0.1) is 0 Å². The van der Waals surface area contributed by atoms with Gasteiger partial charge in [0.05, 0.1) is 12.0 Å². The Kier molecular flexibility index (Phi) is 4.79. The zero-order valence-electron chi connectivity index (χ0n) is 12.1. The van der Waals surface area contributed by atoms with E-state index < -0.39 is 0 Å². The molecule has 0 bridgehead atoms. The van der Waals surface area contributed by atoms with Crippen LogP contribution in [-0.4, -0.2) is 14.1 Å². The molecule has 1 unspecified atom stereocenters. The monoisotopic (exact) mass is 264 g/mol. The summed E-state index contributed by atoms with van der Waals surface area (Å²) in [4.78, 5) is 2.06. The molecule has 0 spiro atoms. The van der Waals surface area contributed by atoms with Crippen molar-refractivity contribution in [3.05, 3.63) is 65.7 Å². The Morgan fingerprint density at radius 1 is 1.05 bits per heavy atom. The van der Waals surface area contributed by atoms with Gasteiger partial charge in [0.1, 0.15) is 0 Å². The second-order valence-electron chi connectivity index (χ2n) is 5.20. The van der Waals surface area contributed by atoms with Gasteiger partial charge in [-0.3, -0.25) is 0 Å². The van der Waals surface area contributed by atoms with Gasteiger partial charge in [-0.1, -0.05) is 42.5 Å². The van der Waals surface area contributed by atoms with E-state index in [-0.39, 0.29) is 5.92 Å². The summed E-state index contributed by atoms with van der Waals surface area (Å²) in [5.74, 6) is -0.0462. The molecule has 2 aromatic rings. The highest BCUT2D eigenvalue weighted by molar-refractivity contribution is 5.48. The van der Waals surface area contributed by atoms with E-state index in [2.05, 4.69) is 35.2 Å². The maximum absolute atomic E-state index is 9.42. The van der Waals surface area contributed by atoms with Crippen LogP contribution in [0.3, 0.4) is 0 Å². The van der Waals surface area contributed by atoms with Crippen molar-refractivity contribution in [3.8, 4) is 6.07 Å². The zero-order chi connectivity index (χ0) is 14.4. The van der Waals surface area contributed by atoms with Crippen molar-refractivity contribution in [3.63, 3.8) is 0 Å². The average molecular weight is 264 g/mol. The lowest BCUT2D eigenvalue weighted by molar-refractivity contribution is 0.746. The molecule has 0 saturated heterocycles. The second kappa shape index (κ2) is 6.77. The van der Waals surface area contributed by atoms with E-state index in [1.807, 2.05) is 44.4 Å². The molecule has 0 radical (unpaired) electrons. The van der Waals surface area contributed by atoms with E-state index in [4.69, 9.17) is 0 Å². The van der Waals surface area contributed by atoms with E-state index >= 15 is 0 Å². The fourth-order valence-corrected chi connectivity index (χ4v) is 2.28. The lowest BCUT2D eigenvalue weighted by Crippen LogP contribution is -2.09. The Balaban J connectivity index is 2.09. The van der Waals surface area contributed by atoms with Crippen LogP contribution < -0.4 is 4.90 Å². The van der Waals surface area contributed by atoms with Crippen molar-refractivity contribution in [1.29, 1.82) is 5.26 Å². The number of anilines is 1. The van der Waals surface area contributed by atoms with Crippen LogP contribution in [0.15, 0.2) is 54.6 Å². The van der Waals surface area contributed by atoms with Crippen LogP contribution >= 0.6 is 0 Å². The molecule has 2 aromatic carbocycles. The molecule has 2 nitrogen and oxygen atoms in total. The maximum Gasteiger partial charge on any atom is 0.0716 e. The van der Waals surface area contributed by atoms with Crippen LogP contribution in [0, 0.1) is 11.3 Å². The third kappa shape index (κ3) is 3.61. The molecule has 0 heterocycles. The summed E-state index contributed by atoms with van der Waals surface area (Å²) in [6, 6.07) is 21.0. The van der Waals surface area contributed by atoms with E-state index in [0.29, 0.717) is 0 Å². The molecular formula is C18H20N2. The summed E-state index contributed by atoms with van der Waals surface area (Å²) in [6.45, 7) is 0. The minimum atomic E-state index is -0.0462. The van der Waals surface area contributed by atoms with E-state index in [1.165, 1.54) is 5.56 Å². The van der Waals surface area contributed by atoms with Crippen molar-refractivity contribution in [1.82, 2.24) is 0 Å². The SMILES string of the molecule is CN(C)c1cccc(C(C#N)CCc2ccccc2)c1. The van der Waals surface area contributed by atoms with Gasteiger partial charge >= 0.3 is 0 Å². The molecule has 0 amide bonds. The quantitative estimate of drug-likeness (QED) is 0.816. The van der Waals surface area contributed by atoms with Crippen LogP contribution in [0.4, 0.5) is 5.69 Å². The van der Waals surface area contributed by atoms with E-state index in [0.717, 1.165) is 24.1 Å². The summed E-state index contributed by atoms with van der Waals surface area (Å²) < 4.78 is 0. The van der Waals surface area contributed by atoms with Crippen molar-refractivity contribution < 1.29 is 0 Å². The van der Waals surface area contributed by atoms with Gasteiger partial charge in [-0.2, -0.15) is 5.26 Å². The first-order valence-electron chi connectivity index (χ1n) is 6.91. The molecule has 0 aliphatic heterocycles. The van der Waals surface area contributed by atoms with Gasteiger partial charge in [0, 0.05) is 19.8 Å². The van der Waals surface area contributed by atoms with Gasteiger partial charge in [-0.25, -0.2) is 0 Å². The fourth-order valence-electron chi connectivity index (χ4n) is 2.28.